The van der Waals surface area contributed by atoms with Gasteiger partial charge < -0.3 is 10.2 Å². The van der Waals surface area contributed by atoms with Crippen molar-refractivity contribution in [1.82, 2.24) is 9.78 Å². The van der Waals surface area contributed by atoms with Crippen molar-refractivity contribution in [3.63, 3.8) is 0 Å². The Kier molecular flexibility index (Phi) is 2.50. The van der Waals surface area contributed by atoms with Crippen LogP contribution in [0.4, 0.5) is 0 Å². The molecule has 0 atom stereocenters. The number of carboxylic acid groups (broad SMARTS) is 1. The van der Waals surface area contributed by atoms with Gasteiger partial charge in [0.2, 0.25) is 0 Å². The highest BCUT2D eigenvalue weighted by atomic mass is 16.4. The minimum Gasteiger partial charge on any atom is -0.481 e. The molecule has 1 aliphatic carbocycles. The number of carboxylic acids is 1. The summed E-state index contributed by atoms with van der Waals surface area (Å²) in [4.78, 5) is 11.3. The molecule has 0 radical (unpaired) electrons. The van der Waals surface area contributed by atoms with Gasteiger partial charge in [0.25, 0.3) is 0 Å². The van der Waals surface area contributed by atoms with Gasteiger partial charge in [-0.2, -0.15) is 5.10 Å². The summed E-state index contributed by atoms with van der Waals surface area (Å²) in [6.45, 7) is 3.97. The van der Waals surface area contributed by atoms with Gasteiger partial charge in [-0.25, -0.2) is 0 Å². The topological polar surface area (TPSA) is 75.4 Å². The molecule has 0 saturated heterocycles. The molecule has 0 amide bonds. The van der Waals surface area contributed by atoms with Crippen LogP contribution in [0.3, 0.4) is 0 Å². The molecule has 2 rings (SSSR count). The van der Waals surface area contributed by atoms with E-state index in [1.807, 2.05) is 13.8 Å². The third-order valence-electron chi connectivity index (χ3n) is 3.26. The number of nitrogens with zero attached hydrogens (tertiary/aromatic N) is 2. The number of aliphatic carboxylic acids is 1. The Morgan fingerprint density at radius 3 is 2.62 bits per heavy atom. The van der Waals surface area contributed by atoms with Crippen molar-refractivity contribution in [3.05, 3.63) is 18.0 Å². The van der Waals surface area contributed by atoms with Crippen LogP contribution < -0.4 is 0 Å². The molecule has 0 spiro atoms. The molecule has 0 bridgehead atoms. The summed E-state index contributed by atoms with van der Waals surface area (Å²) in [5.74, 6) is -0.874. The zero-order valence-corrected chi connectivity index (χ0v) is 9.42. The van der Waals surface area contributed by atoms with E-state index in [0.29, 0.717) is 5.56 Å². The Morgan fingerprint density at radius 1 is 1.62 bits per heavy atom. The van der Waals surface area contributed by atoms with Gasteiger partial charge in [-0.05, 0) is 26.7 Å². The lowest BCUT2D eigenvalue weighted by atomic mass is 9.63. The van der Waals surface area contributed by atoms with E-state index in [-0.39, 0.29) is 18.9 Å². The molecule has 1 aromatic rings. The van der Waals surface area contributed by atoms with E-state index >= 15 is 0 Å². The van der Waals surface area contributed by atoms with Crippen molar-refractivity contribution in [2.45, 2.75) is 44.2 Å². The second-order valence-corrected chi connectivity index (χ2v) is 4.75. The summed E-state index contributed by atoms with van der Waals surface area (Å²) < 4.78 is 1.74. The van der Waals surface area contributed by atoms with E-state index in [9.17, 15) is 15.0 Å². The van der Waals surface area contributed by atoms with E-state index in [1.165, 1.54) is 0 Å². The molecule has 0 unspecified atom stereocenters. The fourth-order valence-electron chi connectivity index (χ4n) is 2.15. The normalized spacial score (nSPS) is 29.1. The summed E-state index contributed by atoms with van der Waals surface area (Å²) in [5, 5.41) is 22.7. The molecular weight excluding hydrogens is 208 g/mol. The minimum atomic E-state index is -0.924. The fraction of sp³-hybridized carbons (Fsp3) is 0.636. The maximum absolute atomic E-state index is 11.3. The lowest BCUT2D eigenvalue weighted by Gasteiger charge is -2.41. The van der Waals surface area contributed by atoms with Crippen molar-refractivity contribution in [3.8, 4) is 0 Å². The van der Waals surface area contributed by atoms with Gasteiger partial charge in [-0.1, -0.05) is 0 Å². The van der Waals surface area contributed by atoms with Gasteiger partial charge >= 0.3 is 5.97 Å². The zero-order chi connectivity index (χ0) is 11.9. The third kappa shape index (κ3) is 1.51. The zero-order valence-electron chi connectivity index (χ0n) is 9.42. The van der Waals surface area contributed by atoms with Gasteiger partial charge in [0.15, 0.2) is 0 Å². The van der Waals surface area contributed by atoms with Crippen molar-refractivity contribution >= 4 is 5.97 Å². The minimum absolute atomic E-state index is 0.213. The molecular formula is C11H16N2O3. The van der Waals surface area contributed by atoms with Crippen LogP contribution in [-0.4, -0.2) is 32.1 Å². The van der Waals surface area contributed by atoms with Crippen molar-refractivity contribution in [2.24, 2.45) is 0 Å². The average molecular weight is 224 g/mol. The summed E-state index contributed by atoms with van der Waals surface area (Å²) in [7, 11) is 0. The number of carbonyl (C=O) groups is 1. The van der Waals surface area contributed by atoms with Crippen LogP contribution in [0.15, 0.2) is 12.4 Å². The van der Waals surface area contributed by atoms with Crippen molar-refractivity contribution in [1.29, 1.82) is 0 Å². The standard InChI is InChI=1S/C11H16N2O3/c1-7(2)13-6-8(5-12-13)11(10(15)16)3-9(14)4-11/h5-7,9,14H,3-4H2,1-2H3,(H,15,16). The SMILES string of the molecule is CC(C)n1cc(C2(C(=O)O)CC(O)C2)cn1. The maximum atomic E-state index is 11.3. The number of hydrogen-bond acceptors (Lipinski definition) is 3. The molecule has 2 N–H and O–H groups in total. The Balaban J connectivity index is 2.30. The molecule has 1 fully saturated rings. The van der Waals surface area contributed by atoms with Crippen LogP contribution in [0.1, 0.15) is 38.3 Å². The smallest absolute Gasteiger partial charge is 0.314 e. The van der Waals surface area contributed by atoms with Gasteiger partial charge in [0, 0.05) is 17.8 Å². The Labute approximate surface area is 93.7 Å². The molecule has 5 nitrogen and oxygen atoms in total. The molecule has 1 aliphatic rings. The highest BCUT2D eigenvalue weighted by molar-refractivity contribution is 5.82. The summed E-state index contributed by atoms with van der Waals surface area (Å²) >= 11 is 0. The first kappa shape index (κ1) is 11.1. The molecule has 0 aromatic carbocycles. The predicted octanol–water partition coefficient (Wildman–Crippen LogP) is 0.941. The first-order chi connectivity index (χ1) is 7.45. The van der Waals surface area contributed by atoms with Gasteiger partial charge in [-0.15, -0.1) is 0 Å². The summed E-state index contributed by atoms with van der Waals surface area (Å²) in [6.07, 6.45) is 3.43. The first-order valence-corrected chi connectivity index (χ1v) is 5.42. The highest BCUT2D eigenvalue weighted by Gasteiger charge is 2.52. The summed E-state index contributed by atoms with van der Waals surface area (Å²) in [5.41, 5.74) is -0.231. The number of aliphatic hydroxyl groups is 1. The summed E-state index contributed by atoms with van der Waals surface area (Å²) in [6, 6.07) is 0.213. The number of aliphatic hydroxyl groups excluding tert-OH is 1. The molecule has 88 valence electrons. The lowest BCUT2D eigenvalue weighted by molar-refractivity contribution is -0.152. The predicted molar refractivity (Wildman–Crippen MR) is 57.2 cm³/mol. The van der Waals surface area contributed by atoms with E-state index in [2.05, 4.69) is 5.10 Å². The van der Waals surface area contributed by atoms with E-state index in [0.717, 1.165) is 0 Å². The first-order valence-electron chi connectivity index (χ1n) is 5.42. The third-order valence-corrected chi connectivity index (χ3v) is 3.26. The number of hydrogen-bond donors (Lipinski definition) is 2. The Morgan fingerprint density at radius 2 is 2.25 bits per heavy atom. The second-order valence-electron chi connectivity index (χ2n) is 4.75. The van der Waals surface area contributed by atoms with Crippen LogP contribution in [0.5, 0.6) is 0 Å². The number of aromatic nitrogens is 2. The molecule has 1 aromatic heterocycles. The molecule has 5 heteroatoms. The van der Waals surface area contributed by atoms with Gasteiger partial charge in [-0.3, -0.25) is 9.48 Å². The average Bonchev–Trinajstić information content (AvgIpc) is 2.60. The van der Waals surface area contributed by atoms with Crippen molar-refractivity contribution in [2.75, 3.05) is 0 Å². The molecule has 16 heavy (non-hydrogen) atoms. The van der Waals surface area contributed by atoms with E-state index < -0.39 is 17.5 Å². The van der Waals surface area contributed by atoms with Crippen LogP contribution in [0.25, 0.3) is 0 Å². The largest absolute Gasteiger partial charge is 0.481 e. The Hall–Kier alpha value is -1.36. The van der Waals surface area contributed by atoms with Gasteiger partial charge in [0.1, 0.15) is 5.41 Å². The van der Waals surface area contributed by atoms with Gasteiger partial charge in [0.05, 0.1) is 12.3 Å². The Bertz CT molecular complexity index is 405. The maximum Gasteiger partial charge on any atom is 0.314 e. The second kappa shape index (κ2) is 3.59. The lowest BCUT2D eigenvalue weighted by Crippen LogP contribution is -2.50. The molecule has 0 aliphatic heterocycles. The molecule has 1 saturated carbocycles. The van der Waals surface area contributed by atoms with E-state index in [1.54, 1.807) is 17.1 Å². The van der Waals surface area contributed by atoms with E-state index in [4.69, 9.17) is 0 Å². The number of rotatable bonds is 3. The van der Waals surface area contributed by atoms with Crippen LogP contribution in [0, 0.1) is 0 Å². The quantitative estimate of drug-likeness (QED) is 0.801. The van der Waals surface area contributed by atoms with Crippen LogP contribution >= 0.6 is 0 Å². The van der Waals surface area contributed by atoms with Crippen LogP contribution in [0.2, 0.25) is 0 Å². The monoisotopic (exact) mass is 224 g/mol. The highest BCUT2D eigenvalue weighted by Crippen LogP contribution is 2.44. The molecule has 1 heterocycles. The fourth-order valence-corrected chi connectivity index (χ4v) is 2.15. The van der Waals surface area contributed by atoms with Crippen LogP contribution in [-0.2, 0) is 10.2 Å². The van der Waals surface area contributed by atoms with Crippen molar-refractivity contribution < 1.29 is 15.0 Å².